The summed E-state index contributed by atoms with van der Waals surface area (Å²) in [5.74, 6) is -0.0362. The van der Waals surface area contributed by atoms with Crippen LogP contribution in [0.5, 0.6) is 0 Å². The minimum absolute atomic E-state index is 0.0362. The molecule has 3 nitrogen and oxygen atoms in total. The second kappa shape index (κ2) is 4.62. The Morgan fingerprint density at radius 3 is 2.62 bits per heavy atom. The molecule has 13 heavy (non-hydrogen) atoms. The van der Waals surface area contributed by atoms with E-state index in [2.05, 4.69) is 10.6 Å². The molecule has 0 spiro atoms. The van der Waals surface area contributed by atoms with E-state index in [-0.39, 0.29) is 5.91 Å². The van der Waals surface area contributed by atoms with Crippen molar-refractivity contribution in [3.05, 3.63) is 35.4 Å². The average molecular weight is 178 g/mol. The Labute approximate surface area is 78.2 Å². The lowest BCUT2D eigenvalue weighted by atomic mass is 10.1. The maximum atomic E-state index is 11.4. The van der Waals surface area contributed by atoms with Gasteiger partial charge in [0, 0.05) is 19.2 Å². The Morgan fingerprint density at radius 2 is 2.00 bits per heavy atom. The Morgan fingerprint density at radius 1 is 1.31 bits per heavy atom. The van der Waals surface area contributed by atoms with Gasteiger partial charge < -0.3 is 10.6 Å². The summed E-state index contributed by atoms with van der Waals surface area (Å²) in [5, 5.41) is 5.64. The van der Waals surface area contributed by atoms with Crippen LogP contribution in [0.3, 0.4) is 0 Å². The molecule has 3 heteroatoms. The van der Waals surface area contributed by atoms with Gasteiger partial charge in [-0.3, -0.25) is 4.79 Å². The molecular formula is C10H14N2O. The molecule has 0 aliphatic carbocycles. The third-order valence-corrected chi connectivity index (χ3v) is 1.86. The number of nitrogens with one attached hydrogen (secondary N) is 2. The van der Waals surface area contributed by atoms with Crippen LogP contribution in [-0.4, -0.2) is 20.0 Å². The number of rotatable bonds is 3. The number of hydrogen-bond donors (Lipinski definition) is 2. The predicted octanol–water partition coefficient (Wildman–Crippen LogP) is 0.766. The van der Waals surface area contributed by atoms with Crippen molar-refractivity contribution in [3.63, 3.8) is 0 Å². The van der Waals surface area contributed by atoms with Gasteiger partial charge in [-0.05, 0) is 18.7 Å². The van der Waals surface area contributed by atoms with Crippen LogP contribution in [0.25, 0.3) is 0 Å². The molecule has 1 amide bonds. The molecule has 0 aromatic heterocycles. The van der Waals surface area contributed by atoms with Crippen LogP contribution in [0.1, 0.15) is 15.9 Å². The predicted molar refractivity (Wildman–Crippen MR) is 52.6 cm³/mol. The molecule has 0 saturated heterocycles. The standard InChI is InChI=1S/C10H14N2O/c1-11-7-8-5-3-4-6-9(8)10(13)12-2/h3-6,11H,7H2,1-2H3,(H,12,13). The first kappa shape index (κ1) is 9.74. The number of carbonyl (C=O) groups is 1. The van der Waals surface area contributed by atoms with Gasteiger partial charge in [0.25, 0.3) is 5.91 Å². The molecule has 1 aromatic rings. The van der Waals surface area contributed by atoms with Crippen molar-refractivity contribution >= 4 is 5.91 Å². The molecule has 1 rings (SSSR count). The van der Waals surface area contributed by atoms with Crippen LogP contribution in [0.2, 0.25) is 0 Å². The zero-order valence-electron chi connectivity index (χ0n) is 7.92. The van der Waals surface area contributed by atoms with Crippen LogP contribution in [-0.2, 0) is 6.54 Å². The van der Waals surface area contributed by atoms with Gasteiger partial charge in [0.15, 0.2) is 0 Å². The third-order valence-electron chi connectivity index (χ3n) is 1.86. The van der Waals surface area contributed by atoms with E-state index < -0.39 is 0 Å². The van der Waals surface area contributed by atoms with E-state index in [1.807, 2.05) is 31.3 Å². The second-order valence-electron chi connectivity index (χ2n) is 2.77. The summed E-state index contributed by atoms with van der Waals surface area (Å²) in [5.41, 5.74) is 1.75. The summed E-state index contributed by atoms with van der Waals surface area (Å²) < 4.78 is 0. The maximum absolute atomic E-state index is 11.4. The first-order chi connectivity index (χ1) is 6.29. The summed E-state index contributed by atoms with van der Waals surface area (Å²) in [4.78, 5) is 11.4. The summed E-state index contributed by atoms with van der Waals surface area (Å²) in [6, 6.07) is 7.56. The molecule has 0 unspecified atom stereocenters. The zero-order valence-corrected chi connectivity index (χ0v) is 7.92. The van der Waals surface area contributed by atoms with Gasteiger partial charge in [-0.15, -0.1) is 0 Å². The van der Waals surface area contributed by atoms with E-state index >= 15 is 0 Å². The van der Waals surface area contributed by atoms with Gasteiger partial charge in [0.2, 0.25) is 0 Å². The van der Waals surface area contributed by atoms with E-state index in [1.54, 1.807) is 7.05 Å². The van der Waals surface area contributed by atoms with Crippen molar-refractivity contribution in [1.29, 1.82) is 0 Å². The lowest BCUT2D eigenvalue weighted by molar-refractivity contribution is 0.0962. The second-order valence-corrected chi connectivity index (χ2v) is 2.77. The molecule has 0 fully saturated rings. The van der Waals surface area contributed by atoms with Crippen LogP contribution in [0.15, 0.2) is 24.3 Å². The van der Waals surface area contributed by atoms with Crippen LogP contribution < -0.4 is 10.6 Å². The quantitative estimate of drug-likeness (QED) is 0.717. The van der Waals surface area contributed by atoms with Gasteiger partial charge in [-0.1, -0.05) is 18.2 Å². The normalized spacial score (nSPS) is 9.69. The highest BCUT2D eigenvalue weighted by molar-refractivity contribution is 5.95. The average Bonchev–Trinajstić information content (AvgIpc) is 2.18. The van der Waals surface area contributed by atoms with E-state index in [1.165, 1.54) is 0 Å². The Balaban J connectivity index is 2.97. The molecule has 2 N–H and O–H groups in total. The largest absolute Gasteiger partial charge is 0.355 e. The van der Waals surface area contributed by atoms with E-state index in [0.29, 0.717) is 6.54 Å². The lowest BCUT2D eigenvalue weighted by Crippen LogP contribution is -2.21. The fraction of sp³-hybridized carbons (Fsp3) is 0.300. The smallest absolute Gasteiger partial charge is 0.251 e. The van der Waals surface area contributed by atoms with Gasteiger partial charge >= 0.3 is 0 Å². The molecular weight excluding hydrogens is 164 g/mol. The Kier molecular flexibility index (Phi) is 3.46. The van der Waals surface area contributed by atoms with E-state index in [9.17, 15) is 4.79 Å². The molecule has 0 bridgehead atoms. The molecule has 0 saturated carbocycles. The Bertz CT molecular complexity index is 297. The molecule has 0 radical (unpaired) electrons. The fourth-order valence-electron chi connectivity index (χ4n) is 1.22. The maximum Gasteiger partial charge on any atom is 0.251 e. The van der Waals surface area contributed by atoms with Gasteiger partial charge in [0.1, 0.15) is 0 Å². The van der Waals surface area contributed by atoms with Crippen molar-refractivity contribution in [1.82, 2.24) is 10.6 Å². The van der Waals surface area contributed by atoms with Gasteiger partial charge in [0.05, 0.1) is 0 Å². The van der Waals surface area contributed by atoms with Crippen molar-refractivity contribution in [2.45, 2.75) is 6.54 Å². The van der Waals surface area contributed by atoms with Crippen molar-refractivity contribution in [3.8, 4) is 0 Å². The number of benzene rings is 1. The first-order valence-corrected chi connectivity index (χ1v) is 4.24. The monoisotopic (exact) mass is 178 g/mol. The minimum Gasteiger partial charge on any atom is -0.355 e. The van der Waals surface area contributed by atoms with Gasteiger partial charge in [-0.2, -0.15) is 0 Å². The summed E-state index contributed by atoms with van der Waals surface area (Å²) in [7, 11) is 3.50. The van der Waals surface area contributed by atoms with Crippen molar-refractivity contribution < 1.29 is 4.79 Å². The third kappa shape index (κ3) is 2.29. The summed E-state index contributed by atoms with van der Waals surface area (Å²) in [6.45, 7) is 0.712. The molecule has 1 aromatic carbocycles. The highest BCUT2D eigenvalue weighted by Gasteiger charge is 2.06. The highest BCUT2D eigenvalue weighted by atomic mass is 16.1. The Hall–Kier alpha value is -1.35. The van der Waals surface area contributed by atoms with Gasteiger partial charge in [-0.25, -0.2) is 0 Å². The number of amides is 1. The van der Waals surface area contributed by atoms with Crippen LogP contribution >= 0.6 is 0 Å². The fourth-order valence-corrected chi connectivity index (χ4v) is 1.22. The number of carbonyl (C=O) groups excluding carboxylic acids is 1. The molecule has 0 atom stereocenters. The minimum atomic E-state index is -0.0362. The molecule has 0 aliphatic rings. The summed E-state index contributed by atoms with van der Waals surface area (Å²) in [6.07, 6.45) is 0. The molecule has 0 heterocycles. The lowest BCUT2D eigenvalue weighted by Gasteiger charge is -2.06. The van der Waals surface area contributed by atoms with E-state index in [4.69, 9.17) is 0 Å². The first-order valence-electron chi connectivity index (χ1n) is 4.24. The SMILES string of the molecule is CNCc1ccccc1C(=O)NC. The van der Waals surface area contributed by atoms with Crippen molar-refractivity contribution in [2.75, 3.05) is 14.1 Å². The molecule has 70 valence electrons. The highest BCUT2D eigenvalue weighted by Crippen LogP contribution is 2.07. The molecule has 0 aliphatic heterocycles. The van der Waals surface area contributed by atoms with Crippen molar-refractivity contribution in [2.24, 2.45) is 0 Å². The van der Waals surface area contributed by atoms with Crippen LogP contribution in [0, 0.1) is 0 Å². The zero-order chi connectivity index (χ0) is 9.68. The topological polar surface area (TPSA) is 41.1 Å². The summed E-state index contributed by atoms with van der Waals surface area (Å²) >= 11 is 0. The van der Waals surface area contributed by atoms with Crippen LogP contribution in [0.4, 0.5) is 0 Å². The number of hydrogen-bond acceptors (Lipinski definition) is 2. The van der Waals surface area contributed by atoms with E-state index in [0.717, 1.165) is 11.1 Å².